The van der Waals surface area contributed by atoms with Gasteiger partial charge in [0.25, 0.3) is 0 Å². The largest absolute Gasteiger partial charge is 0.477 e. The van der Waals surface area contributed by atoms with Crippen molar-refractivity contribution in [2.45, 2.75) is 19.0 Å². The molecular formula is C12H16ClF3N2O. The van der Waals surface area contributed by atoms with E-state index in [0.29, 0.717) is 12.5 Å². The number of hydrogen-bond donors (Lipinski definition) is 1. The molecular weight excluding hydrogens is 281 g/mol. The first-order chi connectivity index (χ1) is 8.55. The molecule has 19 heavy (non-hydrogen) atoms. The van der Waals surface area contributed by atoms with Crippen molar-refractivity contribution in [1.29, 1.82) is 0 Å². The molecule has 1 aromatic heterocycles. The Balaban J connectivity index is 0.00000180. The van der Waals surface area contributed by atoms with Crippen molar-refractivity contribution < 1.29 is 17.9 Å². The maximum atomic E-state index is 12.4. The number of piperidine rings is 1. The van der Waals surface area contributed by atoms with Crippen molar-refractivity contribution in [3.8, 4) is 5.88 Å². The topological polar surface area (TPSA) is 34.1 Å². The second-order valence-corrected chi connectivity index (χ2v) is 4.38. The quantitative estimate of drug-likeness (QED) is 0.931. The highest BCUT2D eigenvalue weighted by Gasteiger charge is 2.32. The van der Waals surface area contributed by atoms with Crippen LogP contribution in [-0.4, -0.2) is 24.7 Å². The Hall–Kier alpha value is -1.01. The lowest BCUT2D eigenvalue weighted by Gasteiger charge is -2.22. The van der Waals surface area contributed by atoms with E-state index in [1.165, 1.54) is 12.1 Å². The summed E-state index contributed by atoms with van der Waals surface area (Å²) in [7, 11) is 0. The summed E-state index contributed by atoms with van der Waals surface area (Å²) in [6, 6.07) is 3.70. The Bertz CT molecular complexity index is 395. The third kappa shape index (κ3) is 4.87. The highest BCUT2D eigenvalue weighted by molar-refractivity contribution is 5.85. The summed E-state index contributed by atoms with van der Waals surface area (Å²) in [5.41, 5.74) is -0.915. The normalized spacial score (nSPS) is 19.6. The minimum absolute atomic E-state index is 0. The van der Waals surface area contributed by atoms with E-state index < -0.39 is 11.9 Å². The molecule has 0 aliphatic carbocycles. The molecule has 0 radical (unpaired) electrons. The molecule has 0 aromatic carbocycles. The number of alkyl halides is 3. The van der Waals surface area contributed by atoms with Crippen LogP contribution < -0.4 is 10.1 Å². The minimum atomic E-state index is -4.42. The van der Waals surface area contributed by atoms with Gasteiger partial charge in [0.1, 0.15) is 5.69 Å². The third-order valence-electron chi connectivity index (χ3n) is 2.88. The molecule has 1 fully saturated rings. The monoisotopic (exact) mass is 296 g/mol. The molecule has 1 aliphatic rings. The first-order valence-corrected chi connectivity index (χ1v) is 5.93. The lowest BCUT2D eigenvalue weighted by molar-refractivity contribution is -0.141. The Labute approximate surface area is 116 Å². The van der Waals surface area contributed by atoms with Crippen molar-refractivity contribution in [3.63, 3.8) is 0 Å². The number of nitrogens with zero attached hydrogens (tertiary/aromatic N) is 1. The zero-order valence-electron chi connectivity index (χ0n) is 10.2. The summed E-state index contributed by atoms with van der Waals surface area (Å²) < 4.78 is 42.6. The zero-order valence-corrected chi connectivity index (χ0v) is 11.1. The van der Waals surface area contributed by atoms with Crippen molar-refractivity contribution in [2.75, 3.05) is 19.7 Å². The highest BCUT2D eigenvalue weighted by atomic mass is 35.5. The molecule has 1 saturated heterocycles. The molecule has 2 rings (SSSR count). The summed E-state index contributed by atoms with van der Waals surface area (Å²) in [6.45, 7) is 2.25. The van der Waals surface area contributed by atoms with Gasteiger partial charge in [-0.3, -0.25) is 0 Å². The van der Waals surface area contributed by atoms with Crippen LogP contribution in [0.3, 0.4) is 0 Å². The zero-order chi connectivity index (χ0) is 13.0. The van der Waals surface area contributed by atoms with Gasteiger partial charge < -0.3 is 10.1 Å². The van der Waals surface area contributed by atoms with Crippen LogP contribution in [0.5, 0.6) is 5.88 Å². The van der Waals surface area contributed by atoms with Gasteiger partial charge in [-0.15, -0.1) is 12.4 Å². The molecule has 1 aromatic rings. The summed E-state index contributed by atoms with van der Waals surface area (Å²) in [5.74, 6) is 0.380. The fourth-order valence-electron chi connectivity index (χ4n) is 1.92. The van der Waals surface area contributed by atoms with E-state index in [0.717, 1.165) is 32.0 Å². The number of nitrogens with one attached hydrogen (secondary N) is 1. The molecule has 3 nitrogen and oxygen atoms in total. The molecule has 7 heteroatoms. The molecule has 0 saturated carbocycles. The summed E-state index contributed by atoms with van der Waals surface area (Å²) >= 11 is 0. The SMILES string of the molecule is Cl.FC(F)(F)c1cccc(OCC2CCCNC2)n1. The van der Waals surface area contributed by atoms with E-state index in [4.69, 9.17) is 4.74 Å². The van der Waals surface area contributed by atoms with E-state index >= 15 is 0 Å². The van der Waals surface area contributed by atoms with Crippen molar-refractivity contribution in [3.05, 3.63) is 23.9 Å². The number of pyridine rings is 1. The molecule has 1 aliphatic heterocycles. The Kier molecular flexibility index (Phi) is 5.87. The molecule has 2 heterocycles. The molecule has 108 valence electrons. The second kappa shape index (κ2) is 6.96. The van der Waals surface area contributed by atoms with Crippen LogP contribution in [-0.2, 0) is 6.18 Å². The van der Waals surface area contributed by atoms with Crippen LogP contribution in [0.4, 0.5) is 13.2 Å². The molecule has 0 amide bonds. The minimum Gasteiger partial charge on any atom is -0.477 e. The molecule has 1 N–H and O–H groups in total. The maximum absolute atomic E-state index is 12.4. The number of hydrogen-bond acceptors (Lipinski definition) is 3. The Morgan fingerprint density at radius 3 is 2.79 bits per heavy atom. The number of halogens is 4. The smallest absolute Gasteiger partial charge is 0.433 e. The molecule has 1 atom stereocenters. The Morgan fingerprint density at radius 1 is 1.37 bits per heavy atom. The Morgan fingerprint density at radius 2 is 2.16 bits per heavy atom. The van der Waals surface area contributed by atoms with Gasteiger partial charge in [-0.1, -0.05) is 6.07 Å². The average molecular weight is 297 g/mol. The fourth-order valence-corrected chi connectivity index (χ4v) is 1.92. The van der Waals surface area contributed by atoms with Crippen LogP contribution >= 0.6 is 12.4 Å². The van der Waals surface area contributed by atoms with Crippen LogP contribution in [0, 0.1) is 5.92 Å². The van der Waals surface area contributed by atoms with Crippen LogP contribution in [0.2, 0.25) is 0 Å². The van der Waals surface area contributed by atoms with Gasteiger partial charge in [-0.2, -0.15) is 13.2 Å². The highest BCUT2D eigenvalue weighted by Crippen LogP contribution is 2.28. The lowest BCUT2D eigenvalue weighted by Crippen LogP contribution is -2.33. The number of aromatic nitrogens is 1. The standard InChI is InChI=1S/C12H15F3N2O.ClH/c13-12(14,15)10-4-1-5-11(17-10)18-8-9-3-2-6-16-7-9;/h1,4-5,9,16H,2-3,6-8H2;1H. The average Bonchev–Trinajstić information content (AvgIpc) is 2.37. The predicted molar refractivity (Wildman–Crippen MR) is 67.6 cm³/mol. The van der Waals surface area contributed by atoms with Crippen LogP contribution in [0.1, 0.15) is 18.5 Å². The van der Waals surface area contributed by atoms with Crippen molar-refractivity contribution in [2.24, 2.45) is 5.92 Å². The van der Waals surface area contributed by atoms with Crippen molar-refractivity contribution in [1.82, 2.24) is 10.3 Å². The van der Waals surface area contributed by atoms with Gasteiger partial charge >= 0.3 is 6.18 Å². The first kappa shape index (κ1) is 16.0. The van der Waals surface area contributed by atoms with E-state index in [1.54, 1.807) is 0 Å². The summed E-state index contributed by atoms with van der Waals surface area (Å²) in [4.78, 5) is 3.46. The van der Waals surface area contributed by atoms with Gasteiger partial charge in [0.05, 0.1) is 6.61 Å². The van der Waals surface area contributed by atoms with Crippen LogP contribution in [0.15, 0.2) is 18.2 Å². The van der Waals surface area contributed by atoms with E-state index in [9.17, 15) is 13.2 Å². The third-order valence-corrected chi connectivity index (χ3v) is 2.88. The summed E-state index contributed by atoms with van der Waals surface area (Å²) in [6.07, 6.45) is -2.32. The number of rotatable bonds is 3. The van der Waals surface area contributed by atoms with E-state index in [1.807, 2.05) is 0 Å². The predicted octanol–water partition coefficient (Wildman–Crippen LogP) is 2.90. The van der Waals surface area contributed by atoms with E-state index in [-0.39, 0.29) is 18.3 Å². The van der Waals surface area contributed by atoms with Gasteiger partial charge in [-0.25, -0.2) is 4.98 Å². The molecule has 0 spiro atoms. The van der Waals surface area contributed by atoms with Gasteiger partial charge in [-0.05, 0) is 25.5 Å². The fraction of sp³-hybridized carbons (Fsp3) is 0.583. The van der Waals surface area contributed by atoms with Crippen LogP contribution in [0.25, 0.3) is 0 Å². The summed E-state index contributed by atoms with van der Waals surface area (Å²) in [5, 5.41) is 3.23. The van der Waals surface area contributed by atoms with Gasteiger partial charge in [0.15, 0.2) is 0 Å². The maximum Gasteiger partial charge on any atom is 0.433 e. The van der Waals surface area contributed by atoms with Gasteiger partial charge in [0, 0.05) is 18.5 Å². The molecule has 1 unspecified atom stereocenters. The lowest BCUT2D eigenvalue weighted by atomic mass is 10.0. The molecule has 0 bridgehead atoms. The first-order valence-electron chi connectivity index (χ1n) is 5.93. The van der Waals surface area contributed by atoms with Gasteiger partial charge in [0.2, 0.25) is 5.88 Å². The van der Waals surface area contributed by atoms with E-state index in [2.05, 4.69) is 10.3 Å². The second-order valence-electron chi connectivity index (χ2n) is 4.38. The number of ether oxygens (including phenoxy) is 1. The van der Waals surface area contributed by atoms with Crippen molar-refractivity contribution >= 4 is 12.4 Å².